The van der Waals surface area contributed by atoms with E-state index in [-0.39, 0.29) is 36.2 Å². The normalized spacial score (nSPS) is 16.4. The molecule has 9 heteroatoms. The van der Waals surface area contributed by atoms with Crippen molar-refractivity contribution in [3.8, 4) is 5.75 Å². The maximum Gasteiger partial charge on any atom is 0.317 e. The van der Waals surface area contributed by atoms with E-state index in [0.29, 0.717) is 18.7 Å². The zero-order valence-corrected chi connectivity index (χ0v) is 20.2. The van der Waals surface area contributed by atoms with E-state index in [1.807, 2.05) is 39.8 Å². The maximum atomic E-state index is 12.9. The van der Waals surface area contributed by atoms with Crippen LogP contribution < -0.4 is 14.4 Å². The van der Waals surface area contributed by atoms with Crippen LogP contribution in [0, 0.1) is 0 Å². The fraction of sp³-hybridized carbons (Fsp3) is 0.682. The number of nitrogens with one attached hydrogen (secondary N) is 1. The molecule has 0 spiro atoms. The standard InChI is InChI=1S/C22H37N3O5S/c1-6-24(7-2)19-12-11-18(21(14-19)30-31(27,28)8-3)15-25(22(26)23-17(4)5)16-20-10-9-13-29-20/h11-12,14,17,20H,6-10,13,15-16H2,1-5H3,(H,23,26)/t20-/m1/s1. The van der Waals surface area contributed by atoms with Crippen molar-refractivity contribution >= 4 is 21.8 Å². The van der Waals surface area contributed by atoms with E-state index >= 15 is 0 Å². The number of anilines is 1. The molecule has 1 saturated heterocycles. The van der Waals surface area contributed by atoms with E-state index in [1.54, 1.807) is 17.9 Å². The Hall–Kier alpha value is -2.00. The van der Waals surface area contributed by atoms with Crippen LogP contribution in [0.3, 0.4) is 0 Å². The number of urea groups is 1. The lowest BCUT2D eigenvalue weighted by Gasteiger charge is -2.28. The predicted octanol–water partition coefficient (Wildman–Crippen LogP) is 3.36. The summed E-state index contributed by atoms with van der Waals surface area (Å²) in [5.41, 5.74) is 1.53. The minimum absolute atomic E-state index is 0.0132. The first-order valence-corrected chi connectivity index (χ1v) is 12.7. The molecule has 2 rings (SSSR count). The van der Waals surface area contributed by atoms with Gasteiger partial charge < -0.3 is 24.0 Å². The van der Waals surface area contributed by atoms with E-state index in [0.717, 1.165) is 31.6 Å². The molecule has 1 atom stereocenters. The Bertz CT molecular complexity index is 818. The lowest BCUT2D eigenvalue weighted by molar-refractivity contribution is 0.0790. The van der Waals surface area contributed by atoms with Gasteiger partial charge in [-0.1, -0.05) is 6.07 Å². The second-order valence-electron chi connectivity index (χ2n) is 8.01. The molecule has 0 unspecified atom stereocenters. The first kappa shape index (κ1) is 25.3. The van der Waals surface area contributed by atoms with E-state index in [4.69, 9.17) is 8.92 Å². The molecular weight excluding hydrogens is 418 g/mol. The molecule has 1 aromatic rings. The summed E-state index contributed by atoms with van der Waals surface area (Å²) in [5.74, 6) is 0.135. The Kier molecular flexibility index (Phi) is 9.43. The average Bonchev–Trinajstić information content (AvgIpc) is 3.22. The number of carbonyl (C=O) groups excluding carboxylic acids is 1. The third-order valence-corrected chi connectivity index (χ3v) is 6.40. The van der Waals surface area contributed by atoms with Crippen LogP contribution in [-0.4, -0.2) is 63.5 Å². The summed E-state index contributed by atoms with van der Waals surface area (Å²) in [4.78, 5) is 16.6. The number of benzene rings is 1. The summed E-state index contributed by atoms with van der Waals surface area (Å²) in [5, 5.41) is 2.93. The van der Waals surface area contributed by atoms with Crippen LogP contribution in [0.1, 0.15) is 53.0 Å². The van der Waals surface area contributed by atoms with E-state index in [9.17, 15) is 13.2 Å². The van der Waals surface area contributed by atoms with Crippen LogP contribution in [0.5, 0.6) is 5.75 Å². The molecule has 0 saturated carbocycles. The van der Waals surface area contributed by atoms with Crippen molar-refractivity contribution in [1.82, 2.24) is 10.2 Å². The van der Waals surface area contributed by atoms with Crippen molar-refractivity contribution in [2.24, 2.45) is 0 Å². The van der Waals surface area contributed by atoms with Gasteiger partial charge in [-0.3, -0.25) is 0 Å². The number of nitrogens with zero attached hydrogens (tertiary/aromatic N) is 2. The van der Waals surface area contributed by atoms with Crippen molar-refractivity contribution in [1.29, 1.82) is 0 Å². The third kappa shape index (κ3) is 7.57. The zero-order chi connectivity index (χ0) is 23.0. The highest BCUT2D eigenvalue weighted by molar-refractivity contribution is 7.87. The first-order chi connectivity index (χ1) is 14.7. The van der Waals surface area contributed by atoms with E-state index < -0.39 is 10.1 Å². The Labute approximate surface area is 187 Å². The van der Waals surface area contributed by atoms with Gasteiger partial charge in [0.15, 0.2) is 0 Å². The molecule has 1 heterocycles. The lowest BCUT2D eigenvalue weighted by atomic mass is 10.1. The average molecular weight is 456 g/mol. The quantitative estimate of drug-likeness (QED) is 0.515. The van der Waals surface area contributed by atoms with Crippen LogP contribution in [-0.2, 0) is 21.4 Å². The molecule has 8 nitrogen and oxygen atoms in total. The summed E-state index contributed by atoms with van der Waals surface area (Å²) in [6, 6.07) is 5.32. The molecular formula is C22H37N3O5S. The number of carbonyl (C=O) groups is 1. The topological polar surface area (TPSA) is 88.2 Å². The second-order valence-corrected chi connectivity index (χ2v) is 9.87. The van der Waals surface area contributed by atoms with Crippen LogP contribution in [0.4, 0.5) is 10.5 Å². The summed E-state index contributed by atoms with van der Waals surface area (Å²) in [6.45, 7) is 12.4. The van der Waals surface area contributed by atoms with E-state index in [1.165, 1.54) is 0 Å². The molecule has 0 aliphatic carbocycles. The molecule has 1 aromatic carbocycles. The monoisotopic (exact) mass is 455 g/mol. The fourth-order valence-electron chi connectivity index (χ4n) is 3.53. The van der Waals surface area contributed by atoms with Gasteiger partial charge in [0.25, 0.3) is 0 Å². The maximum absolute atomic E-state index is 12.9. The minimum Gasteiger partial charge on any atom is -0.382 e. The predicted molar refractivity (Wildman–Crippen MR) is 123 cm³/mol. The highest BCUT2D eigenvalue weighted by Gasteiger charge is 2.25. The molecule has 176 valence electrons. The Balaban J connectivity index is 2.36. The van der Waals surface area contributed by atoms with Crippen molar-refractivity contribution in [3.63, 3.8) is 0 Å². The first-order valence-electron chi connectivity index (χ1n) is 11.2. The van der Waals surface area contributed by atoms with Crippen LogP contribution in [0.2, 0.25) is 0 Å². The van der Waals surface area contributed by atoms with Gasteiger partial charge in [0.05, 0.1) is 18.4 Å². The smallest absolute Gasteiger partial charge is 0.317 e. The molecule has 1 N–H and O–H groups in total. The van der Waals surface area contributed by atoms with Crippen molar-refractivity contribution in [3.05, 3.63) is 23.8 Å². The number of amides is 2. The summed E-state index contributed by atoms with van der Waals surface area (Å²) in [7, 11) is -3.71. The molecule has 1 aliphatic rings. The van der Waals surface area contributed by atoms with E-state index in [2.05, 4.69) is 10.2 Å². The number of hydrogen-bond acceptors (Lipinski definition) is 6. The largest absolute Gasteiger partial charge is 0.382 e. The van der Waals surface area contributed by atoms with Crippen LogP contribution in [0.25, 0.3) is 0 Å². The Morgan fingerprint density at radius 3 is 2.52 bits per heavy atom. The molecule has 0 radical (unpaired) electrons. The number of ether oxygens (including phenoxy) is 1. The van der Waals surface area contributed by atoms with Crippen LogP contribution in [0.15, 0.2) is 18.2 Å². The van der Waals surface area contributed by atoms with Gasteiger partial charge in [0.2, 0.25) is 0 Å². The zero-order valence-electron chi connectivity index (χ0n) is 19.4. The van der Waals surface area contributed by atoms with Crippen LogP contribution >= 0.6 is 0 Å². The van der Waals surface area contributed by atoms with Gasteiger partial charge in [-0.2, -0.15) is 8.42 Å². The summed E-state index contributed by atoms with van der Waals surface area (Å²) < 4.78 is 35.7. The van der Waals surface area contributed by atoms with Crippen molar-refractivity contribution < 1.29 is 22.1 Å². The Morgan fingerprint density at radius 1 is 1.26 bits per heavy atom. The van der Waals surface area contributed by atoms with Gasteiger partial charge in [0, 0.05) is 49.6 Å². The number of rotatable bonds is 11. The van der Waals surface area contributed by atoms with Gasteiger partial charge in [-0.15, -0.1) is 0 Å². The third-order valence-electron chi connectivity index (χ3n) is 5.26. The number of hydrogen-bond donors (Lipinski definition) is 1. The minimum atomic E-state index is -3.71. The SMILES string of the molecule is CCN(CC)c1ccc(CN(C[C@H]2CCCO2)C(=O)NC(C)C)c(OS(=O)(=O)CC)c1. The highest BCUT2D eigenvalue weighted by Crippen LogP contribution is 2.29. The molecule has 2 amide bonds. The second kappa shape index (κ2) is 11.6. The fourth-order valence-corrected chi connectivity index (χ4v) is 4.08. The molecule has 0 aromatic heterocycles. The van der Waals surface area contributed by atoms with Crippen molar-refractivity contribution in [2.45, 2.75) is 66.2 Å². The van der Waals surface area contributed by atoms with Gasteiger partial charge >= 0.3 is 16.1 Å². The lowest BCUT2D eigenvalue weighted by Crippen LogP contribution is -2.45. The van der Waals surface area contributed by atoms with Gasteiger partial charge in [0.1, 0.15) is 5.75 Å². The molecule has 31 heavy (non-hydrogen) atoms. The summed E-state index contributed by atoms with van der Waals surface area (Å²) in [6.07, 6.45) is 1.86. The van der Waals surface area contributed by atoms with Gasteiger partial charge in [-0.25, -0.2) is 4.79 Å². The van der Waals surface area contributed by atoms with Gasteiger partial charge in [-0.05, 0) is 53.5 Å². The molecule has 0 bridgehead atoms. The Morgan fingerprint density at radius 2 is 1.97 bits per heavy atom. The molecule has 1 fully saturated rings. The summed E-state index contributed by atoms with van der Waals surface area (Å²) >= 11 is 0. The highest BCUT2D eigenvalue weighted by atomic mass is 32.2. The molecule has 1 aliphatic heterocycles. The van der Waals surface area contributed by atoms with Crippen molar-refractivity contribution in [2.75, 3.05) is 36.9 Å².